The minimum atomic E-state index is -0.684. The quantitative estimate of drug-likeness (QED) is 0.614. The van der Waals surface area contributed by atoms with E-state index >= 15 is 0 Å². The van der Waals surface area contributed by atoms with E-state index in [2.05, 4.69) is 20.5 Å². The van der Waals surface area contributed by atoms with Crippen molar-refractivity contribution in [1.29, 1.82) is 0 Å². The summed E-state index contributed by atoms with van der Waals surface area (Å²) in [5.74, 6) is 0.569. The van der Waals surface area contributed by atoms with Crippen molar-refractivity contribution in [3.05, 3.63) is 57.7 Å². The first-order chi connectivity index (χ1) is 15.4. The molecule has 1 fully saturated rings. The van der Waals surface area contributed by atoms with Crippen molar-refractivity contribution in [1.82, 2.24) is 29.9 Å². The zero-order valence-corrected chi connectivity index (χ0v) is 18.8. The molecule has 9 nitrogen and oxygen atoms in total. The van der Waals surface area contributed by atoms with Crippen molar-refractivity contribution < 1.29 is 9.59 Å². The third kappa shape index (κ3) is 4.10. The summed E-state index contributed by atoms with van der Waals surface area (Å²) in [7, 11) is 1.71. The lowest BCUT2D eigenvalue weighted by Gasteiger charge is -2.19. The van der Waals surface area contributed by atoms with Gasteiger partial charge in [0.25, 0.3) is 11.8 Å². The molecule has 0 spiro atoms. The van der Waals surface area contributed by atoms with E-state index in [0.29, 0.717) is 35.5 Å². The van der Waals surface area contributed by atoms with Gasteiger partial charge in [0.1, 0.15) is 18.2 Å². The van der Waals surface area contributed by atoms with Crippen LogP contribution in [0.25, 0.3) is 0 Å². The second kappa shape index (κ2) is 8.22. The zero-order chi connectivity index (χ0) is 22.4. The number of anilines is 1. The lowest BCUT2D eigenvalue weighted by Crippen LogP contribution is -2.47. The third-order valence-electron chi connectivity index (χ3n) is 5.77. The number of fused-ring (bicyclic) bond motifs is 1. The van der Waals surface area contributed by atoms with Gasteiger partial charge in [-0.05, 0) is 37.0 Å². The molecular weight excluding hydrogens is 453 g/mol. The van der Waals surface area contributed by atoms with Gasteiger partial charge in [-0.1, -0.05) is 29.3 Å². The molecule has 2 aliphatic rings. The Balaban J connectivity index is 1.26. The van der Waals surface area contributed by atoms with Crippen LogP contribution in [0.4, 0.5) is 5.82 Å². The van der Waals surface area contributed by atoms with Crippen LogP contribution in [0.15, 0.2) is 30.6 Å². The van der Waals surface area contributed by atoms with Crippen molar-refractivity contribution in [2.75, 3.05) is 11.9 Å². The fraction of sp³-hybridized carbons (Fsp3) is 0.381. The summed E-state index contributed by atoms with van der Waals surface area (Å²) < 4.78 is 3.36. The van der Waals surface area contributed by atoms with Gasteiger partial charge >= 0.3 is 0 Å². The van der Waals surface area contributed by atoms with Gasteiger partial charge < -0.3 is 5.32 Å². The average molecular weight is 474 g/mol. The van der Waals surface area contributed by atoms with Crippen LogP contribution in [-0.4, -0.2) is 49.4 Å². The van der Waals surface area contributed by atoms with Gasteiger partial charge in [0.2, 0.25) is 5.82 Å². The number of hydrogen-bond donors (Lipinski definition) is 1. The molecule has 1 aromatic carbocycles. The number of amides is 2. The molecular formula is C21H21Cl2N7O2. The fourth-order valence-corrected chi connectivity index (χ4v) is 4.29. The normalized spacial score (nSPS) is 18.4. The van der Waals surface area contributed by atoms with Crippen LogP contribution >= 0.6 is 23.2 Å². The smallest absolute Gasteiger partial charge is 0.291 e. The highest BCUT2D eigenvalue weighted by Gasteiger charge is 2.34. The first kappa shape index (κ1) is 21.0. The van der Waals surface area contributed by atoms with E-state index in [0.717, 1.165) is 29.9 Å². The van der Waals surface area contributed by atoms with Crippen LogP contribution in [0.2, 0.25) is 10.0 Å². The molecule has 2 aromatic heterocycles. The number of aromatic nitrogens is 5. The van der Waals surface area contributed by atoms with Crippen LogP contribution in [0, 0.1) is 0 Å². The predicted molar refractivity (Wildman–Crippen MR) is 119 cm³/mol. The molecule has 0 bridgehead atoms. The first-order valence-corrected chi connectivity index (χ1v) is 11.1. The Bertz CT molecular complexity index is 1200. The number of benzene rings is 1. The molecule has 5 rings (SSSR count). The molecule has 1 aliphatic carbocycles. The van der Waals surface area contributed by atoms with E-state index in [1.807, 2.05) is 10.7 Å². The minimum Gasteiger partial charge on any atom is -0.337 e. The Labute approximate surface area is 194 Å². The van der Waals surface area contributed by atoms with Gasteiger partial charge in [-0.2, -0.15) is 5.10 Å². The van der Waals surface area contributed by atoms with Gasteiger partial charge in [0.15, 0.2) is 0 Å². The van der Waals surface area contributed by atoms with E-state index in [4.69, 9.17) is 23.2 Å². The monoisotopic (exact) mass is 473 g/mol. The number of nitrogens with zero attached hydrogens (tertiary/aromatic N) is 6. The number of likely N-dealkylation sites (N-methyl/N-ethyl adjacent to an activating group) is 1. The molecule has 32 heavy (non-hydrogen) atoms. The van der Waals surface area contributed by atoms with E-state index < -0.39 is 11.9 Å². The average Bonchev–Trinajstić information content (AvgIpc) is 3.38. The molecule has 0 unspecified atom stereocenters. The Morgan fingerprint density at radius 3 is 2.75 bits per heavy atom. The van der Waals surface area contributed by atoms with Crippen molar-refractivity contribution in [2.45, 2.75) is 44.3 Å². The van der Waals surface area contributed by atoms with E-state index in [9.17, 15) is 9.59 Å². The fourth-order valence-electron chi connectivity index (χ4n) is 3.82. The molecule has 1 atom stereocenters. The predicted octanol–water partition coefficient (Wildman–Crippen LogP) is 2.87. The molecule has 3 heterocycles. The highest BCUT2D eigenvalue weighted by molar-refractivity contribution is 6.35. The van der Waals surface area contributed by atoms with Gasteiger partial charge in [-0.15, -0.1) is 5.10 Å². The Kier molecular flexibility index (Phi) is 5.38. The maximum atomic E-state index is 13.0. The van der Waals surface area contributed by atoms with Crippen LogP contribution in [0.3, 0.4) is 0 Å². The van der Waals surface area contributed by atoms with Crippen LogP contribution < -0.4 is 10.2 Å². The molecule has 3 aromatic rings. The van der Waals surface area contributed by atoms with Gasteiger partial charge in [-0.3, -0.25) is 14.5 Å². The SMILES string of the molecule is CN1C(=O)[C@@H](NC(=O)c2ncn(Cc3ccc(Cl)cc3Cl)n2)CCn2nc(C3CC3)cc21. The van der Waals surface area contributed by atoms with Crippen LogP contribution in [0.1, 0.15) is 47.1 Å². The molecule has 11 heteroatoms. The lowest BCUT2D eigenvalue weighted by molar-refractivity contribution is -0.120. The molecule has 1 N–H and O–H groups in total. The first-order valence-electron chi connectivity index (χ1n) is 10.4. The molecule has 2 amide bonds. The summed E-state index contributed by atoms with van der Waals surface area (Å²) in [4.78, 5) is 31.4. The third-order valence-corrected chi connectivity index (χ3v) is 6.35. The summed E-state index contributed by atoms with van der Waals surface area (Å²) in [5, 5.41) is 12.7. The zero-order valence-electron chi connectivity index (χ0n) is 17.3. The van der Waals surface area contributed by atoms with Gasteiger partial charge in [0, 0.05) is 35.6 Å². The molecule has 1 saturated carbocycles. The second-order valence-corrected chi connectivity index (χ2v) is 8.98. The highest BCUT2D eigenvalue weighted by Crippen LogP contribution is 2.40. The summed E-state index contributed by atoms with van der Waals surface area (Å²) in [5.41, 5.74) is 1.84. The summed E-state index contributed by atoms with van der Waals surface area (Å²) in [6.07, 6.45) is 4.19. The molecule has 166 valence electrons. The van der Waals surface area contributed by atoms with E-state index in [1.165, 1.54) is 11.0 Å². The maximum absolute atomic E-state index is 13.0. The number of aryl methyl sites for hydroxylation is 1. The second-order valence-electron chi connectivity index (χ2n) is 8.14. The van der Waals surface area contributed by atoms with Crippen LogP contribution in [-0.2, 0) is 17.9 Å². The summed E-state index contributed by atoms with van der Waals surface area (Å²) in [6.45, 7) is 0.881. The Hall–Kier alpha value is -2.91. The highest BCUT2D eigenvalue weighted by atomic mass is 35.5. The topological polar surface area (TPSA) is 97.9 Å². The number of hydrogen-bond acceptors (Lipinski definition) is 5. The van der Waals surface area contributed by atoms with Gasteiger partial charge in [0.05, 0.1) is 12.2 Å². The number of halogens is 2. The standard InChI is InChI=1S/C21H21Cl2N7O2/c1-28-18-9-17(12-2-3-12)26-30(18)7-6-16(21(28)32)25-20(31)19-24-11-29(27-19)10-13-4-5-14(22)8-15(13)23/h4-5,8-9,11-12,16H,2-3,6-7,10H2,1H3,(H,25,31)/t16-/m0/s1. The number of carbonyl (C=O) groups is 2. The largest absolute Gasteiger partial charge is 0.337 e. The lowest BCUT2D eigenvalue weighted by atomic mass is 10.2. The van der Waals surface area contributed by atoms with E-state index in [-0.39, 0.29) is 11.7 Å². The van der Waals surface area contributed by atoms with Crippen molar-refractivity contribution in [3.8, 4) is 0 Å². The Morgan fingerprint density at radius 1 is 1.19 bits per heavy atom. The van der Waals surface area contributed by atoms with Crippen molar-refractivity contribution in [3.63, 3.8) is 0 Å². The van der Waals surface area contributed by atoms with Crippen molar-refractivity contribution >= 4 is 40.8 Å². The molecule has 0 saturated heterocycles. The van der Waals surface area contributed by atoms with Crippen LogP contribution in [0.5, 0.6) is 0 Å². The maximum Gasteiger partial charge on any atom is 0.291 e. The minimum absolute atomic E-state index is 0.0106. The summed E-state index contributed by atoms with van der Waals surface area (Å²) >= 11 is 12.1. The number of rotatable bonds is 5. The summed E-state index contributed by atoms with van der Waals surface area (Å²) in [6, 6.07) is 6.47. The Morgan fingerprint density at radius 2 is 2.00 bits per heavy atom. The molecule has 0 radical (unpaired) electrons. The van der Waals surface area contributed by atoms with E-state index in [1.54, 1.807) is 30.1 Å². The molecule has 1 aliphatic heterocycles. The van der Waals surface area contributed by atoms with Gasteiger partial charge in [-0.25, -0.2) is 14.3 Å². The van der Waals surface area contributed by atoms with Crippen molar-refractivity contribution in [2.24, 2.45) is 0 Å². The number of carbonyl (C=O) groups excluding carboxylic acids is 2. The number of nitrogens with one attached hydrogen (secondary N) is 1.